The van der Waals surface area contributed by atoms with E-state index in [4.69, 9.17) is 9.47 Å². The zero-order valence-corrected chi connectivity index (χ0v) is 16.7. The number of thiazole rings is 1. The molecule has 146 valence electrons. The minimum Gasteiger partial charge on any atom is -0.494 e. The first kappa shape index (κ1) is 18.3. The molecule has 0 spiro atoms. The summed E-state index contributed by atoms with van der Waals surface area (Å²) < 4.78 is 12.0. The molecule has 2 saturated heterocycles. The van der Waals surface area contributed by atoms with Crippen LogP contribution in [0.3, 0.4) is 0 Å². The molecule has 2 fully saturated rings. The molecule has 4 rings (SSSR count). The lowest BCUT2D eigenvalue weighted by Crippen LogP contribution is -2.40. The van der Waals surface area contributed by atoms with Gasteiger partial charge in [0.25, 0.3) is 0 Å². The number of methoxy groups -OCH3 is 1. The Morgan fingerprint density at radius 3 is 2.70 bits per heavy atom. The van der Waals surface area contributed by atoms with Gasteiger partial charge in [0, 0.05) is 26.2 Å². The number of aromatic nitrogens is 1. The summed E-state index contributed by atoms with van der Waals surface area (Å²) in [5.41, 5.74) is 1.92. The van der Waals surface area contributed by atoms with E-state index in [1.807, 2.05) is 11.0 Å². The molecule has 3 heterocycles. The zero-order valence-electron chi connectivity index (χ0n) is 15.9. The van der Waals surface area contributed by atoms with Gasteiger partial charge in [-0.2, -0.15) is 0 Å². The van der Waals surface area contributed by atoms with E-state index in [9.17, 15) is 4.79 Å². The van der Waals surface area contributed by atoms with Crippen LogP contribution in [0.25, 0.3) is 10.2 Å². The Balaban J connectivity index is 1.59. The van der Waals surface area contributed by atoms with Gasteiger partial charge in [-0.05, 0) is 30.9 Å². The second-order valence-corrected chi connectivity index (χ2v) is 8.18. The molecule has 0 bridgehead atoms. The minimum absolute atomic E-state index is 0.0622. The number of morpholine rings is 1. The van der Waals surface area contributed by atoms with E-state index in [-0.39, 0.29) is 6.03 Å². The van der Waals surface area contributed by atoms with E-state index >= 15 is 0 Å². The van der Waals surface area contributed by atoms with E-state index in [2.05, 4.69) is 28.2 Å². The number of carbonyl (C=O) groups is 1. The second kappa shape index (κ2) is 7.90. The van der Waals surface area contributed by atoms with Gasteiger partial charge in [-0.3, -0.25) is 5.32 Å². The predicted molar refractivity (Wildman–Crippen MR) is 108 cm³/mol. The lowest BCUT2D eigenvalue weighted by molar-refractivity contribution is 0.123. The Kier molecular flexibility index (Phi) is 5.36. The molecule has 2 aliphatic rings. The van der Waals surface area contributed by atoms with Gasteiger partial charge < -0.3 is 19.3 Å². The summed E-state index contributed by atoms with van der Waals surface area (Å²) in [4.78, 5) is 21.5. The van der Waals surface area contributed by atoms with Crippen LogP contribution < -0.4 is 15.0 Å². The van der Waals surface area contributed by atoms with Crippen molar-refractivity contribution in [3.63, 3.8) is 0 Å². The molecule has 7 nitrogen and oxygen atoms in total. The third kappa shape index (κ3) is 3.82. The van der Waals surface area contributed by atoms with Crippen molar-refractivity contribution in [2.24, 2.45) is 5.92 Å². The lowest BCUT2D eigenvalue weighted by Gasteiger charge is -2.29. The highest BCUT2D eigenvalue weighted by atomic mass is 32.1. The first-order valence-corrected chi connectivity index (χ1v) is 10.3. The number of nitrogens with one attached hydrogen (secondary N) is 1. The van der Waals surface area contributed by atoms with Crippen molar-refractivity contribution < 1.29 is 14.3 Å². The molecule has 27 heavy (non-hydrogen) atoms. The monoisotopic (exact) mass is 390 g/mol. The number of hydrogen-bond donors (Lipinski definition) is 1. The number of fused-ring (bicyclic) bond motifs is 1. The Morgan fingerprint density at radius 2 is 2.00 bits per heavy atom. The van der Waals surface area contributed by atoms with Gasteiger partial charge in [0.1, 0.15) is 11.3 Å². The topological polar surface area (TPSA) is 66.9 Å². The maximum atomic E-state index is 12.6. The fourth-order valence-electron chi connectivity index (χ4n) is 3.62. The van der Waals surface area contributed by atoms with Crippen LogP contribution in [0, 0.1) is 5.92 Å². The van der Waals surface area contributed by atoms with Gasteiger partial charge in [-0.1, -0.05) is 18.3 Å². The molecular weight excluding hydrogens is 364 g/mol. The minimum atomic E-state index is -0.0622. The van der Waals surface area contributed by atoms with E-state index < -0.39 is 0 Å². The third-order valence-corrected chi connectivity index (χ3v) is 6.34. The highest BCUT2D eigenvalue weighted by Crippen LogP contribution is 2.39. The van der Waals surface area contributed by atoms with Crippen molar-refractivity contribution >= 4 is 38.4 Å². The summed E-state index contributed by atoms with van der Waals surface area (Å²) in [6.07, 6.45) is 2.12. The number of urea groups is 1. The van der Waals surface area contributed by atoms with Gasteiger partial charge in [-0.15, -0.1) is 0 Å². The number of likely N-dealkylation sites (tertiary alicyclic amines) is 1. The maximum Gasteiger partial charge on any atom is 0.323 e. The number of piperidine rings is 1. The van der Waals surface area contributed by atoms with Gasteiger partial charge in [0.15, 0.2) is 5.13 Å². The number of amides is 2. The average molecular weight is 391 g/mol. The smallest absolute Gasteiger partial charge is 0.323 e. The van der Waals surface area contributed by atoms with Crippen LogP contribution in [0.5, 0.6) is 5.75 Å². The van der Waals surface area contributed by atoms with E-state index in [1.165, 1.54) is 11.3 Å². The van der Waals surface area contributed by atoms with Crippen molar-refractivity contribution in [2.75, 3.05) is 56.7 Å². The van der Waals surface area contributed by atoms with Crippen molar-refractivity contribution in [3.05, 3.63) is 12.1 Å². The van der Waals surface area contributed by atoms with Gasteiger partial charge >= 0.3 is 6.03 Å². The standard InChI is InChI=1S/C19H26N4O3S/c1-13-5-7-23(8-6-13)19(24)21-18-20-16-15(25-2)4-3-14(17(16)27-18)22-9-11-26-12-10-22/h3-4,13H,5-12H2,1-2H3,(H,20,21,24). The van der Waals surface area contributed by atoms with E-state index in [0.717, 1.165) is 73.9 Å². The highest BCUT2D eigenvalue weighted by molar-refractivity contribution is 7.23. The Labute approximate surface area is 163 Å². The van der Waals surface area contributed by atoms with Crippen LogP contribution in [-0.2, 0) is 4.74 Å². The molecule has 1 aromatic carbocycles. The Bertz CT molecular complexity index is 811. The summed E-state index contributed by atoms with van der Waals surface area (Å²) in [7, 11) is 1.65. The Morgan fingerprint density at radius 1 is 1.26 bits per heavy atom. The van der Waals surface area contributed by atoms with Crippen molar-refractivity contribution in [1.29, 1.82) is 0 Å². The van der Waals surface area contributed by atoms with Crippen molar-refractivity contribution in [2.45, 2.75) is 19.8 Å². The summed E-state index contributed by atoms with van der Waals surface area (Å²) in [5, 5.41) is 3.61. The number of ether oxygens (including phenoxy) is 2. The summed E-state index contributed by atoms with van der Waals surface area (Å²) in [5.74, 6) is 1.42. The third-order valence-electron chi connectivity index (χ3n) is 5.34. The van der Waals surface area contributed by atoms with Crippen LogP contribution in [-0.4, -0.2) is 62.4 Å². The molecule has 0 atom stereocenters. The Hall–Kier alpha value is -2.06. The fourth-order valence-corrected chi connectivity index (χ4v) is 4.64. The summed E-state index contributed by atoms with van der Waals surface area (Å²) >= 11 is 1.51. The molecule has 8 heteroatoms. The van der Waals surface area contributed by atoms with Crippen LogP contribution in [0.1, 0.15) is 19.8 Å². The van der Waals surface area contributed by atoms with Crippen LogP contribution >= 0.6 is 11.3 Å². The summed E-state index contributed by atoms with van der Waals surface area (Å²) in [6.45, 7) is 7.01. The molecule has 0 unspecified atom stereocenters. The lowest BCUT2D eigenvalue weighted by atomic mass is 10.00. The maximum absolute atomic E-state index is 12.6. The molecule has 1 N–H and O–H groups in total. The molecular formula is C19H26N4O3S. The quantitative estimate of drug-likeness (QED) is 0.870. The van der Waals surface area contributed by atoms with Gasteiger partial charge in [-0.25, -0.2) is 9.78 Å². The van der Waals surface area contributed by atoms with Crippen LogP contribution in [0.15, 0.2) is 12.1 Å². The number of rotatable bonds is 3. The number of hydrogen-bond acceptors (Lipinski definition) is 6. The highest BCUT2D eigenvalue weighted by Gasteiger charge is 2.23. The van der Waals surface area contributed by atoms with Gasteiger partial charge in [0.05, 0.1) is 30.7 Å². The molecule has 2 aliphatic heterocycles. The largest absolute Gasteiger partial charge is 0.494 e. The summed E-state index contributed by atoms with van der Waals surface area (Å²) in [6, 6.07) is 3.96. The van der Waals surface area contributed by atoms with Gasteiger partial charge in [0.2, 0.25) is 0 Å². The van der Waals surface area contributed by atoms with Crippen LogP contribution in [0.2, 0.25) is 0 Å². The number of anilines is 2. The van der Waals surface area contributed by atoms with Crippen LogP contribution in [0.4, 0.5) is 15.6 Å². The number of benzene rings is 1. The molecule has 0 radical (unpaired) electrons. The molecule has 0 aliphatic carbocycles. The zero-order chi connectivity index (χ0) is 18.8. The average Bonchev–Trinajstić information content (AvgIpc) is 3.11. The predicted octanol–water partition coefficient (Wildman–Crippen LogP) is 3.41. The normalized spacial score (nSPS) is 18.7. The SMILES string of the molecule is COc1ccc(N2CCOCC2)c2sc(NC(=O)N3CCC(C)CC3)nc12. The number of carbonyl (C=O) groups excluding carboxylic acids is 1. The second-order valence-electron chi connectivity index (χ2n) is 7.18. The first-order chi connectivity index (χ1) is 13.2. The molecule has 0 saturated carbocycles. The van der Waals surface area contributed by atoms with Crippen molar-refractivity contribution in [3.8, 4) is 5.75 Å². The molecule has 2 amide bonds. The van der Waals surface area contributed by atoms with E-state index in [1.54, 1.807) is 7.11 Å². The number of nitrogens with zero attached hydrogens (tertiary/aromatic N) is 3. The van der Waals surface area contributed by atoms with Crippen molar-refractivity contribution in [1.82, 2.24) is 9.88 Å². The first-order valence-electron chi connectivity index (χ1n) is 9.52. The fraction of sp³-hybridized carbons (Fsp3) is 0.579. The van der Waals surface area contributed by atoms with E-state index in [0.29, 0.717) is 11.0 Å². The molecule has 2 aromatic rings. The molecule has 1 aromatic heterocycles.